The van der Waals surface area contributed by atoms with E-state index in [0.29, 0.717) is 12.5 Å². The first kappa shape index (κ1) is 17.3. The van der Waals surface area contributed by atoms with Gasteiger partial charge in [-0.1, -0.05) is 27.2 Å². The Labute approximate surface area is 127 Å². The fourth-order valence-electron chi connectivity index (χ4n) is 2.64. The molecule has 0 aromatic heterocycles. The van der Waals surface area contributed by atoms with Gasteiger partial charge in [0.2, 0.25) is 11.8 Å². The van der Waals surface area contributed by atoms with Crippen molar-refractivity contribution in [3.63, 3.8) is 0 Å². The second-order valence-corrected chi connectivity index (χ2v) is 6.86. The van der Waals surface area contributed by atoms with Crippen LogP contribution in [-0.2, 0) is 9.59 Å². The zero-order valence-corrected chi connectivity index (χ0v) is 14.0. The third-order valence-electron chi connectivity index (χ3n) is 3.60. The van der Waals surface area contributed by atoms with Crippen LogP contribution in [0.25, 0.3) is 0 Å². The highest BCUT2D eigenvalue weighted by atomic mass is 32.2. The first-order chi connectivity index (χ1) is 9.51. The minimum atomic E-state index is -0.315. The van der Waals surface area contributed by atoms with Gasteiger partial charge in [-0.2, -0.15) is 11.8 Å². The van der Waals surface area contributed by atoms with Gasteiger partial charge in [-0.15, -0.1) is 0 Å². The van der Waals surface area contributed by atoms with Crippen LogP contribution in [0.3, 0.4) is 0 Å². The van der Waals surface area contributed by atoms with Crippen LogP contribution >= 0.6 is 11.8 Å². The van der Waals surface area contributed by atoms with Gasteiger partial charge in [-0.3, -0.25) is 9.59 Å². The Kier molecular flexibility index (Phi) is 7.41. The molecule has 1 fully saturated rings. The first-order valence-electron chi connectivity index (χ1n) is 7.61. The van der Waals surface area contributed by atoms with Crippen molar-refractivity contribution in [3.05, 3.63) is 0 Å². The molecule has 1 aliphatic rings. The van der Waals surface area contributed by atoms with Gasteiger partial charge in [0.1, 0.15) is 12.1 Å². The molecule has 0 aromatic carbocycles. The molecule has 0 radical (unpaired) electrons. The summed E-state index contributed by atoms with van der Waals surface area (Å²) in [6, 6.07) is -0.595. The Bertz CT molecular complexity index is 334. The summed E-state index contributed by atoms with van der Waals surface area (Å²) in [4.78, 5) is 26.7. The molecular weight excluding hydrogens is 272 g/mol. The van der Waals surface area contributed by atoms with Gasteiger partial charge in [0.05, 0.1) is 0 Å². The molecule has 2 atom stereocenters. The van der Waals surface area contributed by atoms with Gasteiger partial charge in [0.25, 0.3) is 0 Å². The lowest BCUT2D eigenvalue weighted by molar-refractivity contribution is -0.150. The Morgan fingerprint density at radius 3 is 2.60 bits per heavy atom. The normalized spacial score (nSPS) is 23.4. The van der Waals surface area contributed by atoms with Gasteiger partial charge in [-0.05, 0) is 37.2 Å². The Morgan fingerprint density at radius 1 is 1.35 bits per heavy atom. The molecule has 20 heavy (non-hydrogen) atoms. The summed E-state index contributed by atoms with van der Waals surface area (Å²) >= 11 is 1.78. The highest BCUT2D eigenvalue weighted by Crippen LogP contribution is 2.20. The molecule has 1 aliphatic heterocycles. The van der Waals surface area contributed by atoms with Crippen LogP contribution in [0.4, 0.5) is 0 Å². The van der Waals surface area contributed by atoms with E-state index in [4.69, 9.17) is 0 Å². The number of nitrogens with zero attached hydrogens (tertiary/aromatic N) is 1. The summed E-state index contributed by atoms with van der Waals surface area (Å²) in [5.41, 5.74) is 0. The fourth-order valence-corrected chi connectivity index (χ4v) is 3.05. The van der Waals surface area contributed by atoms with Crippen molar-refractivity contribution in [1.82, 2.24) is 10.2 Å². The van der Waals surface area contributed by atoms with Gasteiger partial charge in [-0.25, -0.2) is 0 Å². The van der Waals surface area contributed by atoms with Crippen molar-refractivity contribution < 1.29 is 9.59 Å². The maximum atomic E-state index is 12.6. The van der Waals surface area contributed by atoms with E-state index in [-0.39, 0.29) is 23.9 Å². The number of rotatable bonds is 8. The monoisotopic (exact) mass is 300 g/mol. The predicted molar refractivity (Wildman–Crippen MR) is 84.8 cm³/mol. The number of carbonyl (C=O) groups excluding carboxylic acids is 2. The molecular formula is C15H28N2O2S. The largest absolute Gasteiger partial charge is 0.343 e. The van der Waals surface area contributed by atoms with Crippen molar-refractivity contribution in [2.75, 3.05) is 18.6 Å². The molecule has 1 N–H and O–H groups in total. The number of thioether (sulfide) groups is 1. The molecule has 1 rings (SSSR count). The molecule has 0 bridgehead atoms. The number of nitrogens with one attached hydrogen (secondary N) is 1. The van der Waals surface area contributed by atoms with E-state index in [1.165, 1.54) is 0 Å². The Hall–Kier alpha value is -0.710. The smallest absolute Gasteiger partial charge is 0.245 e. The SMILES string of the molecule is CCCC1NC(=O)C(CC(C)C)N(CCCSC)C1=O. The van der Waals surface area contributed by atoms with Crippen molar-refractivity contribution >= 4 is 23.6 Å². The van der Waals surface area contributed by atoms with Crippen LogP contribution < -0.4 is 5.32 Å². The van der Waals surface area contributed by atoms with Crippen LogP contribution in [0.5, 0.6) is 0 Å². The fraction of sp³-hybridized carbons (Fsp3) is 0.867. The Balaban J connectivity index is 2.79. The molecule has 5 heteroatoms. The molecule has 4 nitrogen and oxygen atoms in total. The second kappa shape index (κ2) is 8.55. The average Bonchev–Trinajstić information content (AvgIpc) is 2.38. The highest BCUT2D eigenvalue weighted by molar-refractivity contribution is 7.98. The van der Waals surface area contributed by atoms with Crippen molar-refractivity contribution in [3.8, 4) is 0 Å². The van der Waals surface area contributed by atoms with Gasteiger partial charge in [0, 0.05) is 6.54 Å². The summed E-state index contributed by atoms with van der Waals surface area (Å²) in [6.45, 7) is 6.92. The van der Waals surface area contributed by atoms with Gasteiger partial charge < -0.3 is 10.2 Å². The third-order valence-corrected chi connectivity index (χ3v) is 4.29. The van der Waals surface area contributed by atoms with E-state index in [2.05, 4.69) is 25.4 Å². The van der Waals surface area contributed by atoms with Gasteiger partial charge >= 0.3 is 0 Å². The number of hydrogen-bond donors (Lipinski definition) is 1. The third kappa shape index (κ3) is 4.69. The summed E-state index contributed by atoms with van der Waals surface area (Å²) in [5, 5.41) is 2.91. The lowest BCUT2D eigenvalue weighted by Gasteiger charge is -2.39. The molecule has 0 aromatic rings. The average molecular weight is 300 g/mol. The zero-order chi connectivity index (χ0) is 15.1. The number of hydrogen-bond acceptors (Lipinski definition) is 3. The predicted octanol–water partition coefficient (Wildman–Crippen LogP) is 2.28. The maximum Gasteiger partial charge on any atom is 0.245 e. The summed E-state index contributed by atoms with van der Waals surface area (Å²) in [6.07, 6.45) is 5.40. The summed E-state index contributed by atoms with van der Waals surface area (Å²) in [5.74, 6) is 1.57. The van der Waals surface area contributed by atoms with E-state index in [0.717, 1.165) is 31.4 Å². The van der Waals surface area contributed by atoms with Crippen LogP contribution in [0.1, 0.15) is 46.5 Å². The standard InChI is InChI=1S/C15H28N2O2S/c1-5-7-12-15(19)17(8-6-9-20-4)13(10-11(2)3)14(18)16-12/h11-13H,5-10H2,1-4H3,(H,16,18). The minimum Gasteiger partial charge on any atom is -0.343 e. The molecule has 1 saturated heterocycles. The Morgan fingerprint density at radius 2 is 2.05 bits per heavy atom. The van der Waals surface area contributed by atoms with E-state index >= 15 is 0 Å². The topological polar surface area (TPSA) is 49.4 Å². The molecule has 1 heterocycles. The second-order valence-electron chi connectivity index (χ2n) is 5.87. The maximum absolute atomic E-state index is 12.6. The number of carbonyl (C=O) groups is 2. The van der Waals surface area contributed by atoms with Crippen LogP contribution in [0, 0.1) is 5.92 Å². The molecule has 2 unspecified atom stereocenters. The molecule has 0 aliphatic carbocycles. The molecule has 0 spiro atoms. The van der Waals surface area contributed by atoms with Crippen LogP contribution in [-0.4, -0.2) is 47.4 Å². The summed E-state index contributed by atoms with van der Waals surface area (Å²) < 4.78 is 0. The zero-order valence-electron chi connectivity index (χ0n) is 13.1. The molecule has 2 amide bonds. The lowest BCUT2D eigenvalue weighted by atomic mass is 9.96. The van der Waals surface area contributed by atoms with Crippen molar-refractivity contribution in [2.45, 2.75) is 58.5 Å². The first-order valence-corrected chi connectivity index (χ1v) is 9.00. The van der Waals surface area contributed by atoms with E-state index in [1.54, 1.807) is 11.8 Å². The van der Waals surface area contributed by atoms with Crippen LogP contribution in [0.2, 0.25) is 0 Å². The molecule has 0 saturated carbocycles. The van der Waals surface area contributed by atoms with Crippen molar-refractivity contribution in [1.29, 1.82) is 0 Å². The quantitative estimate of drug-likeness (QED) is 0.700. The summed E-state index contributed by atoms with van der Waals surface area (Å²) in [7, 11) is 0. The highest BCUT2D eigenvalue weighted by Gasteiger charge is 2.39. The van der Waals surface area contributed by atoms with Gasteiger partial charge in [0.15, 0.2) is 0 Å². The molecule has 116 valence electrons. The van der Waals surface area contributed by atoms with Crippen molar-refractivity contribution in [2.24, 2.45) is 5.92 Å². The van der Waals surface area contributed by atoms with E-state index in [1.807, 2.05) is 11.8 Å². The number of amides is 2. The van der Waals surface area contributed by atoms with E-state index in [9.17, 15) is 9.59 Å². The minimum absolute atomic E-state index is 0.0286. The number of piperazine rings is 1. The van der Waals surface area contributed by atoms with E-state index < -0.39 is 0 Å². The lowest BCUT2D eigenvalue weighted by Crippen LogP contribution is -2.63. The van der Waals surface area contributed by atoms with Crippen LogP contribution in [0.15, 0.2) is 0 Å².